The van der Waals surface area contributed by atoms with Gasteiger partial charge in [-0.3, -0.25) is 14.5 Å². The van der Waals surface area contributed by atoms with Crippen LogP contribution < -0.4 is 5.43 Å². The van der Waals surface area contributed by atoms with Crippen LogP contribution in [0.3, 0.4) is 0 Å². The third kappa shape index (κ3) is 4.34. The number of rotatable bonds is 6. The highest BCUT2D eigenvalue weighted by Gasteiger charge is 2.19. The van der Waals surface area contributed by atoms with Gasteiger partial charge in [-0.15, -0.1) is 0 Å². The number of aromatic nitrogens is 1. The summed E-state index contributed by atoms with van der Waals surface area (Å²) in [4.78, 5) is 24.7. The van der Waals surface area contributed by atoms with Gasteiger partial charge in [0.05, 0.1) is 12.6 Å². The van der Waals surface area contributed by atoms with E-state index in [9.17, 15) is 14.7 Å². The molecule has 1 heterocycles. The maximum Gasteiger partial charge on any atom is 0.305 e. The minimum atomic E-state index is -0.898. The molecule has 0 spiro atoms. The summed E-state index contributed by atoms with van der Waals surface area (Å²) in [5, 5.41) is 18.4. The molecule has 0 atom stereocenters. The number of aliphatic carboxylic acids is 1. The van der Waals surface area contributed by atoms with E-state index in [1.165, 1.54) is 31.5 Å². The number of carboxylic acids is 1. The number of nitrogens with zero attached hydrogens (tertiary/aromatic N) is 2. The largest absolute Gasteiger partial charge is 0.503 e. The van der Waals surface area contributed by atoms with E-state index < -0.39 is 11.4 Å². The molecule has 1 aliphatic rings. The maximum atomic E-state index is 11.7. The molecule has 22 heavy (non-hydrogen) atoms. The van der Waals surface area contributed by atoms with Crippen LogP contribution in [0.5, 0.6) is 5.75 Å². The first-order chi connectivity index (χ1) is 10.5. The Labute approximate surface area is 130 Å². The lowest BCUT2D eigenvalue weighted by Crippen LogP contribution is -2.34. The van der Waals surface area contributed by atoms with Crippen LogP contribution in [0.25, 0.3) is 0 Å². The van der Waals surface area contributed by atoms with Gasteiger partial charge in [0.2, 0.25) is 5.43 Å². The average Bonchev–Trinajstić information content (AvgIpc) is 2.50. The van der Waals surface area contributed by atoms with Crippen molar-refractivity contribution < 1.29 is 15.0 Å². The first kappa shape index (κ1) is 16.5. The zero-order valence-corrected chi connectivity index (χ0v) is 13.0. The van der Waals surface area contributed by atoms with Gasteiger partial charge >= 0.3 is 5.97 Å². The molecule has 1 saturated carbocycles. The standard InChI is InChI=1S/C16H24N2O4/c1-17(12-5-3-2-4-6-12)10-13-9-14(19)15(20)11-18(13)8-7-16(21)22/h9,11-12,20H,2-8,10H2,1H3,(H,21,22). The SMILES string of the molecule is CN(Cc1cc(=O)c(O)cn1CCC(=O)O)C1CCCCC1. The van der Waals surface area contributed by atoms with Crippen molar-refractivity contribution in [1.29, 1.82) is 0 Å². The molecule has 6 nitrogen and oxygen atoms in total. The van der Waals surface area contributed by atoms with E-state index in [2.05, 4.69) is 4.90 Å². The molecule has 1 aromatic heterocycles. The van der Waals surface area contributed by atoms with Crippen LogP contribution in [-0.2, 0) is 17.9 Å². The smallest absolute Gasteiger partial charge is 0.305 e. The Morgan fingerprint density at radius 2 is 2.05 bits per heavy atom. The van der Waals surface area contributed by atoms with Gasteiger partial charge in [-0.05, 0) is 19.9 Å². The molecule has 0 unspecified atom stereocenters. The quantitative estimate of drug-likeness (QED) is 0.837. The van der Waals surface area contributed by atoms with E-state index in [-0.39, 0.29) is 18.7 Å². The molecule has 2 rings (SSSR count). The van der Waals surface area contributed by atoms with Gasteiger partial charge < -0.3 is 14.8 Å². The fourth-order valence-electron chi connectivity index (χ4n) is 3.07. The zero-order chi connectivity index (χ0) is 16.1. The molecule has 0 bridgehead atoms. The zero-order valence-electron chi connectivity index (χ0n) is 13.0. The van der Waals surface area contributed by atoms with Crippen LogP contribution in [0.2, 0.25) is 0 Å². The fraction of sp³-hybridized carbons (Fsp3) is 0.625. The van der Waals surface area contributed by atoms with Crippen molar-refractivity contribution in [3.63, 3.8) is 0 Å². The third-order valence-corrected chi connectivity index (χ3v) is 4.37. The van der Waals surface area contributed by atoms with Crippen molar-refractivity contribution in [2.75, 3.05) is 7.05 Å². The first-order valence-electron chi connectivity index (χ1n) is 7.81. The van der Waals surface area contributed by atoms with Gasteiger partial charge in [0.1, 0.15) is 0 Å². The lowest BCUT2D eigenvalue weighted by atomic mass is 9.94. The van der Waals surface area contributed by atoms with Crippen LogP contribution in [0, 0.1) is 0 Å². The topological polar surface area (TPSA) is 82.8 Å². The van der Waals surface area contributed by atoms with Crippen molar-refractivity contribution in [1.82, 2.24) is 9.47 Å². The number of aromatic hydroxyl groups is 1. The number of hydrogen-bond acceptors (Lipinski definition) is 4. The summed E-state index contributed by atoms with van der Waals surface area (Å²) in [5.41, 5.74) is 0.329. The molecule has 122 valence electrons. The molecule has 0 amide bonds. The highest BCUT2D eigenvalue weighted by Crippen LogP contribution is 2.23. The first-order valence-corrected chi connectivity index (χ1v) is 7.81. The molecule has 0 radical (unpaired) electrons. The second-order valence-electron chi connectivity index (χ2n) is 6.06. The van der Waals surface area contributed by atoms with Crippen LogP contribution in [-0.4, -0.2) is 38.7 Å². The second kappa shape index (κ2) is 7.45. The van der Waals surface area contributed by atoms with Crippen molar-refractivity contribution >= 4 is 5.97 Å². The van der Waals surface area contributed by atoms with Crippen molar-refractivity contribution in [3.8, 4) is 5.75 Å². The number of hydrogen-bond donors (Lipinski definition) is 2. The number of aryl methyl sites for hydroxylation is 1. The number of pyridine rings is 1. The maximum absolute atomic E-state index is 11.7. The molecule has 0 aromatic carbocycles. The molecule has 1 aliphatic carbocycles. The van der Waals surface area contributed by atoms with E-state index in [1.54, 1.807) is 4.57 Å². The summed E-state index contributed by atoms with van der Waals surface area (Å²) in [6.07, 6.45) is 7.37. The Balaban J connectivity index is 2.14. The molecular weight excluding hydrogens is 284 g/mol. The Kier molecular flexibility index (Phi) is 5.60. The predicted octanol–water partition coefficient (Wildman–Crippen LogP) is 1.79. The van der Waals surface area contributed by atoms with E-state index >= 15 is 0 Å². The van der Waals surface area contributed by atoms with E-state index in [1.807, 2.05) is 7.05 Å². The summed E-state index contributed by atoms with van der Waals surface area (Å²) in [6.45, 7) is 0.830. The Morgan fingerprint density at radius 3 is 2.68 bits per heavy atom. The molecule has 1 fully saturated rings. The van der Waals surface area contributed by atoms with Crippen LogP contribution in [0.15, 0.2) is 17.1 Å². The van der Waals surface area contributed by atoms with Crippen LogP contribution in [0.1, 0.15) is 44.2 Å². The normalized spacial score (nSPS) is 16.1. The van der Waals surface area contributed by atoms with Gasteiger partial charge in [-0.1, -0.05) is 19.3 Å². The monoisotopic (exact) mass is 308 g/mol. The minimum Gasteiger partial charge on any atom is -0.503 e. The van der Waals surface area contributed by atoms with Gasteiger partial charge in [-0.25, -0.2) is 0 Å². The van der Waals surface area contributed by atoms with Gasteiger partial charge in [0.15, 0.2) is 5.75 Å². The summed E-state index contributed by atoms with van der Waals surface area (Å²) in [7, 11) is 2.04. The van der Waals surface area contributed by atoms with Crippen LogP contribution >= 0.6 is 0 Å². The summed E-state index contributed by atoms with van der Waals surface area (Å²) in [6, 6.07) is 1.92. The molecule has 2 N–H and O–H groups in total. The Morgan fingerprint density at radius 1 is 1.36 bits per heavy atom. The molecule has 6 heteroatoms. The summed E-state index contributed by atoms with van der Waals surface area (Å²) < 4.78 is 1.67. The lowest BCUT2D eigenvalue weighted by Gasteiger charge is -2.31. The predicted molar refractivity (Wildman–Crippen MR) is 83.0 cm³/mol. The number of carboxylic acid groups (broad SMARTS) is 1. The van der Waals surface area contributed by atoms with E-state index in [0.717, 1.165) is 18.5 Å². The molecule has 0 aliphatic heterocycles. The molecule has 1 aromatic rings. The molecule has 0 saturated heterocycles. The third-order valence-electron chi connectivity index (χ3n) is 4.37. The molecular formula is C16H24N2O4. The highest BCUT2D eigenvalue weighted by atomic mass is 16.4. The average molecular weight is 308 g/mol. The number of carbonyl (C=O) groups is 1. The van der Waals surface area contributed by atoms with Crippen LogP contribution in [0.4, 0.5) is 0 Å². The van der Waals surface area contributed by atoms with Crippen molar-refractivity contribution in [3.05, 3.63) is 28.2 Å². The fourth-order valence-corrected chi connectivity index (χ4v) is 3.07. The minimum absolute atomic E-state index is 0.0392. The van der Waals surface area contributed by atoms with Crippen molar-refractivity contribution in [2.45, 2.75) is 57.7 Å². The Bertz CT molecular complexity index is 576. The van der Waals surface area contributed by atoms with Gasteiger partial charge in [-0.2, -0.15) is 0 Å². The summed E-state index contributed by atoms with van der Waals surface area (Å²) in [5.74, 6) is -1.24. The van der Waals surface area contributed by atoms with E-state index in [0.29, 0.717) is 12.6 Å². The van der Waals surface area contributed by atoms with Crippen molar-refractivity contribution in [2.24, 2.45) is 0 Å². The Hall–Kier alpha value is -1.82. The van der Waals surface area contributed by atoms with E-state index in [4.69, 9.17) is 5.11 Å². The highest BCUT2D eigenvalue weighted by molar-refractivity contribution is 5.66. The van der Waals surface area contributed by atoms with Gasteiger partial charge in [0, 0.05) is 30.9 Å². The lowest BCUT2D eigenvalue weighted by molar-refractivity contribution is -0.137. The van der Waals surface area contributed by atoms with Gasteiger partial charge in [0.25, 0.3) is 0 Å². The summed E-state index contributed by atoms with van der Waals surface area (Å²) >= 11 is 0. The second-order valence-corrected chi connectivity index (χ2v) is 6.06.